The van der Waals surface area contributed by atoms with Crippen molar-refractivity contribution in [3.05, 3.63) is 41.3 Å². The smallest absolute Gasteiger partial charge is 0.124 e. The van der Waals surface area contributed by atoms with Crippen molar-refractivity contribution in [1.82, 2.24) is 0 Å². The second kappa shape index (κ2) is 6.48. The standard InChI is InChI=1S/C15H20FN3/c16-14-6-11(8-17)5-12(7-14)13(9-18)10-19-15-3-1-2-4-15/h5-7,9-10,15H,1-4,8,17-18H2. The molecule has 3 nitrogen and oxygen atoms in total. The number of nitrogens with two attached hydrogens (primary N) is 2. The first kappa shape index (κ1) is 13.7. The predicted molar refractivity (Wildman–Crippen MR) is 77.2 cm³/mol. The van der Waals surface area contributed by atoms with Gasteiger partial charge in [0, 0.05) is 30.6 Å². The predicted octanol–water partition coefficient (Wildman–Crippen LogP) is 2.60. The largest absolute Gasteiger partial charge is 0.404 e. The van der Waals surface area contributed by atoms with Gasteiger partial charge in [-0.05, 0) is 42.2 Å². The van der Waals surface area contributed by atoms with Crippen molar-refractivity contribution in [3.8, 4) is 0 Å². The van der Waals surface area contributed by atoms with Crippen molar-refractivity contribution >= 4 is 11.8 Å². The van der Waals surface area contributed by atoms with Crippen molar-refractivity contribution in [3.63, 3.8) is 0 Å². The third-order valence-electron chi connectivity index (χ3n) is 3.46. The number of allylic oxidation sites excluding steroid dienone is 1. The molecular formula is C15H20FN3. The molecule has 0 heterocycles. The molecule has 0 spiro atoms. The van der Waals surface area contributed by atoms with Gasteiger partial charge in [-0.15, -0.1) is 0 Å². The lowest BCUT2D eigenvalue weighted by Crippen LogP contribution is -2.01. The molecule has 0 aromatic heterocycles. The van der Waals surface area contributed by atoms with Crippen molar-refractivity contribution in [2.75, 3.05) is 0 Å². The van der Waals surface area contributed by atoms with Crippen LogP contribution in [0.4, 0.5) is 4.39 Å². The van der Waals surface area contributed by atoms with Gasteiger partial charge in [-0.1, -0.05) is 12.8 Å². The summed E-state index contributed by atoms with van der Waals surface area (Å²) in [5, 5.41) is 0. The summed E-state index contributed by atoms with van der Waals surface area (Å²) in [6.45, 7) is 0.308. The van der Waals surface area contributed by atoms with Gasteiger partial charge >= 0.3 is 0 Å². The number of nitrogens with zero attached hydrogens (tertiary/aromatic N) is 1. The van der Waals surface area contributed by atoms with E-state index in [1.54, 1.807) is 6.21 Å². The van der Waals surface area contributed by atoms with Crippen molar-refractivity contribution in [2.24, 2.45) is 16.5 Å². The first-order valence-electron chi connectivity index (χ1n) is 6.68. The molecule has 0 saturated heterocycles. The first-order valence-corrected chi connectivity index (χ1v) is 6.68. The minimum absolute atomic E-state index is 0.299. The van der Waals surface area contributed by atoms with E-state index in [0.29, 0.717) is 12.6 Å². The summed E-state index contributed by atoms with van der Waals surface area (Å²) in [5.41, 5.74) is 13.4. The van der Waals surface area contributed by atoms with Gasteiger partial charge in [0.1, 0.15) is 5.82 Å². The van der Waals surface area contributed by atoms with E-state index >= 15 is 0 Å². The van der Waals surface area contributed by atoms with Crippen LogP contribution in [0.15, 0.2) is 29.4 Å². The molecular weight excluding hydrogens is 241 g/mol. The van der Waals surface area contributed by atoms with Crippen molar-refractivity contribution < 1.29 is 4.39 Å². The fraction of sp³-hybridized carbons (Fsp3) is 0.400. The van der Waals surface area contributed by atoms with Gasteiger partial charge < -0.3 is 11.5 Å². The number of benzene rings is 1. The van der Waals surface area contributed by atoms with E-state index in [4.69, 9.17) is 11.5 Å². The Hall–Kier alpha value is -1.68. The van der Waals surface area contributed by atoms with Crippen LogP contribution in [-0.4, -0.2) is 12.3 Å². The van der Waals surface area contributed by atoms with E-state index in [2.05, 4.69) is 4.99 Å². The molecule has 1 fully saturated rings. The normalized spacial score (nSPS) is 17.5. The van der Waals surface area contributed by atoms with E-state index < -0.39 is 0 Å². The molecule has 1 aliphatic carbocycles. The van der Waals surface area contributed by atoms with Gasteiger partial charge in [-0.2, -0.15) is 0 Å². The van der Waals surface area contributed by atoms with Crippen LogP contribution in [0.25, 0.3) is 5.57 Å². The van der Waals surface area contributed by atoms with Gasteiger partial charge in [0.05, 0.1) is 0 Å². The highest BCUT2D eigenvalue weighted by Gasteiger charge is 2.12. The van der Waals surface area contributed by atoms with Gasteiger partial charge in [-0.3, -0.25) is 4.99 Å². The van der Waals surface area contributed by atoms with E-state index in [9.17, 15) is 4.39 Å². The zero-order valence-electron chi connectivity index (χ0n) is 11.0. The molecule has 0 unspecified atom stereocenters. The van der Waals surface area contributed by atoms with Gasteiger partial charge in [0.25, 0.3) is 0 Å². The van der Waals surface area contributed by atoms with E-state index in [0.717, 1.165) is 29.5 Å². The Bertz CT molecular complexity index is 488. The Labute approximate surface area is 113 Å². The van der Waals surface area contributed by atoms with Crippen LogP contribution < -0.4 is 11.5 Å². The summed E-state index contributed by atoms with van der Waals surface area (Å²) >= 11 is 0. The lowest BCUT2D eigenvalue weighted by molar-refractivity contribution is 0.625. The molecule has 19 heavy (non-hydrogen) atoms. The molecule has 2 rings (SSSR count). The fourth-order valence-electron chi connectivity index (χ4n) is 2.39. The summed E-state index contributed by atoms with van der Waals surface area (Å²) in [4.78, 5) is 4.53. The molecule has 0 radical (unpaired) electrons. The maximum atomic E-state index is 13.5. The minimum atomic E-state index is -0.299. The Morgan fingerprint density at radius 2 is 2.05 bits per heavy atom. The molecule has 1 saturated carbocycles. The van der Waals surface area contributed by atoms with Crippen LogP contribution >= 0.6 is 0 Å². The Kier molecular flexibility index (Phi) is 4.68. The van der Waals surface area contributed by atoms with Crippen LogP contribution in [0, 0.1) is 5.82 Å². The van der Waals surface area contributed by atoms with Crippen molar-refractivity contribution in [2.45, 2.75) is 38.3 Å². The second-order valence-corrected chi connectivity index (χ2v) is 4.89. The summed E-state index contributed by atoms with van der Waals surface area (Å²) in [6, 6.07) is 5.13. The lowest BCUT2D eigenvalue weighted by Gasteiger charge is -2.06. The highest BCUT2D eigenvalue weighted by atomic mass is 19.1. The van der Waals surface area contributed by atoms with Crippen molar-refractivity contribution in [1.29, 1.82) is 0 Å². The Balaban J connectivity index is 2.19. The molecule has 1 aromatic carbocycles. The average Bonchev–Trinajstić information content (AvgIpc) is 2.92. The van der Waals surface area contributed by atoms with Crippen LogP contribution in [-0.2, 0) is 6.54 Å². The van der Waals surface area contributed by atoms with Gasteiger partial charge in [0.15, 0.2) is 0 Å². The number of hydrogen-bond acceptors (Lipinski definition) is 3. The summed E-state index contributed by atoms with van der Waals surface area (Å²) in [6.07, 6.45) is 7.96. The number of aliphatic imine (C=N–C) groups is 1. The SMILES string of the molecule is NC=C(C=NC1CCCC1)c1cc(F)cc(CN)c1. The highest BCUT2D eigenvalue weighted by Crippen LogP contribution is 2.22. The maximum Gasteiger partial charge on any atom is 0.124 e. The summed E-state index contributed by atoms with van der Waals surface area (Å²) in [7, 11) is 0. The third-order valence-corrected chi connectivity index (χ3v) is 3.46. The van der Waals surface area contributed by atoms with E-state index in [1.807, 2.05) is 6.07 Å². The van der Waals surface area contributed by atoms with Crippen LogP contribution in [0.2, 0.25) is 0 Å². The zero-order valence-corrected chi connectivity index (χ0v) is 11.0. The average molecular weight is 261 g/mol. The summed E-state index contributed by atoms with van der Waals surface area (Å²) < 4.78 is 13.5. The van der Waals surface area contributed by atoms with E-state index in [1.165, 1.54) is 31.2 Å². The minimum Gasteiger partial charge on any atom is -0.404 e. The lowest BCUT2D eigenvalue weighted by atomic mass is 10.0. The van der Waals surface area contributed by atoms with E-state index in [-0.39, 0.29) is 5.82 Å². The first-order chi connectivity index (χ1) is 9.22. The Morgan fingerprint density at radius 3 is 2.68 bits per heavy atom. The quantitative estimate of drug-likeness (QED) is 0.818. The molecule has 0 atom stereocenters. The van der Waals surface area contributed by atoms with Crippen LogP contribution in [0.3, 0.4) is 0 Å². The molecule has 0 amide bonds. The van der Waals surface area contributed by atoms with Crippen LogP contribution in [0.5, 0.6) is 0 Å². The molecule has 1 aliphatic rings. The molecule has 0 bridgehead atoms. The monoisotopic (exact) mass is 261 g/mol. The zero-order chi connectivity index (χ0) is 13.7. The highest BCUT2D eigenvalue weighted by molar-refractivity contribution is 6.09. The summed E-state index contributed by atoms with van der Waals surface area (Å²) in [5.74, 6) is -0.299. The molecule has 4 N–H and O–H groups in total. The number of hydrogen-bond donors (Lipinski definition) is 2. The molecule has 4 heteroatoms. The molecule has 102 valence electrons. The van der Waals surface area contributed by atoms with Gasteiger partial charge in [0.2, 0.25) is 0 Å². The topological polar surface area (TPSA) is 64.4 Å². The molecule has 0 aliphatic heterocycles. The third kappa shape index (κ3) is 3.64. The second-order valence-electron chi connectivity index (χ2n) is 4.89. The Morgan fingerprint density at radius 1 is 1.32 bits per heavy atom. The molecule has 1 aromatic rings. The maximum absolute atomic E-state index is 13.5. The fourth-order valence-corrected chi connectivity index (χ4v) is 2.39. The van der Waals surface area contributed by atoms with Gasteiger partial charge in [-0.25, -0.2) is 4.39 Å². The number of rotatable bonds is 4. The van der Waals surface area contributed by atoms with Crippen LogP contribution in [0.1, 0.15) is 36.8 Å². The number of halogens is 1.